The van der Waals surface area contributed by atoms with Crippen LogP contribution in [0.3, 0.4) is 0 Å². The van der Waals surface area contributed by atoms with Crippen LogP contribution in [0.5, 0.6) is 0 Å². The summed E-state index contributed by atoms with van der Waals surface area (Å²) in [4.78, 5) is 0. The van der Waals surface area contributed by atoms with Crippen molar-refractivity contribution in [2.45, 2.75) is 44.2 Å². The normalized spacial score (nSPS) is 15.1. The summed E-state index contributed by atoms with van der Waals surface area (Å²) >= 11 is 1.95. The van der Waals surface area contributed by atoms with Crippen molar-refractivity contribution in [1.82, 2.24) is 5.32 Å². The summed E-state index contributed by atoms with van der Waals surface area (Å²) in [6, 6.07) is 4.59. The molecule has 0 aliphatic heterocycles. The molecule has 1 heterocycles. The molecule has 2 atom stereocenters. The van der Waals surface area contributed by atoms with Crippen molar-refractivity contribution >= 4 is 11.8 Å². The van der Waals surface area contributed by atoms with Gasteiger partial charge >= 0.3 is 0 Å². The van der Waals surface area contributed by atoms with E-state index in [9.17, 15) is 0 Å². The molecule has 0 aliphatic rings. The monoisotopic (exact) mass is 227 g/mol. The van der Waals surface area contributed by atoms with Gasteiger partial charge in [0.2, 0.25) is 0 Å². The van der Waals surface area contributed by atoms with Gasteiger partial charge in [-0.1, -0.05) is 13.8 Å². The van der Waals surface area contributed by atoms with E-state index in [1.807, 2.05) is 23.9 Å². The SMILES string of the molecule is CCNC(C)CC(C)SCc1ccco1. The minimum atomic E-state index is 0.606. The van der Waals surface area contributed by atoms with E-state index in [2.05, 4.69) is 26.1 Å². The number of thioether (sulfide) groups is 1. The third-order valence-corrected chi connectivity index (χ3v) is 3.54. The van der Waals surface area contributed by atoms with Crippen LogP contribution < -0.4 is 5.32 Å². The van der Waals surface area contributed by atoms with Crippen molar-refractivity contribution in [3.05, 3.63) is 24.2 Å². The molecule has 0 amide bonds. The van der Waals surface area contributed by atoms with Gasteiger partial charge in [0.15, 0.2) is 0 Å². The lowest BCUT2D eigenvalue weighted by Gasteiger charge is -2.17. The van der Waals surface area contributed by atoms with Crippen LogP contribution in [0.15, 0.2) is 22.8 Å². The standard InChI is InChI=1S/C12H21NOS/c1-4-13-10(2)8-11(3)15-9-12-6-5-7-14-12/h5-7,10-11,13H,4,8-9H2,1-3H3. The maximum absolute atomic E-state index is 5.30. The van der Waals surface area contributed by atoms with Crippen LogP contribution in [0.1, 0.15) is 33.0 Å². The Morgan fingerprint density at radius 3 is 2.87 bits per heavy atom. The van der Waals surface area contributed by atoms with Crippen molar-refractivity contribution in [3.8, 4) is 0 Å². The Labute approximate surface area is 96.8 Å². The van der Waals surface area contributed by atoms with Gasteiger partial charge in [0.25, 0.3) is 0 Å². The van der Waals surface area contributed by atoms with Gasteiger partial charge < -0.3 is 9.73 Å². The molecule has 2 unspecified atom stereocenters. The van der Waals surface area contributed by atoms with Crippen molar-refractivity contribution in [1.29, 1.82) is 0 Å². The first-order valence-corrected chi connectivity index (χ1v) is 6.64. The van der Waals surface area contributed by atoms with Crippen LogP contribution in [0.2, 0.25) is 0 Å². The lowest BCUT2D eigenvalue weighted by Crippen LogP contribution is -2.28. The van der Waals surface area contributed by atoms with Crippen LogP contribution in [0.4, 0.5) is 0 Å². The molecule has 1 aromatic heterocycles. The molecule has 2 nitrogen and oxygen atoms in total. The zero-order valence-electron chi connectivity index (χ0n) is 9.82. The molecule has 0 spiro atoms. The van der Waals surface area contributed by atoms with E-state index in [-0.39, 0.29) is 0 Å². The molecule has 15 heavy (non-hydrogen) atoms. The molecule has 0 saturated heterocycles. The van der Waals surface area contributed by atoms with Crippen molar-refractivity contribution < 1.29 is 4.42 Å². The first kappa shape index (κ1) is 12.7. The fraction of sp³-hybridized carbons (Fsp3) is 0.667. The molecule has 0 saturated carbocycles. The predicted molar refractivity (Wildman–Crippen MR) is 67.2 cm³/mol. The van der Waals surface area contributed by atoms with Gasteiger partial charge in [0.05, 0.1) is 12.0 Å². The highest BCUT2D eigenvalue weighted by atomic mass is 32.2. The maximum Gasteiger partial charge on any atom is 0.113 e. The molecule has 0 radical (unpaired) electrons. The van der Waals surface area contributed by atoms with Crippen molar-refractivity contribution in [3.63, 3.8) is 0 Å². The molecular formula is C12H21NOS. The first-order valence-electron chi connectivity index (χ1n) is 5.59. The molecule has 3 heteroatoms. The average molecular weight is 227 g/mol. The van der Waals surface area contributed by atoms with E-state index in [1.165, 1.54) is 6.42 Å². The van der Waals surface area contributed by atoms with E-state index in [0.717, 1.165) is 18.1 Å². The summed E-state index contributed by atoms with van der Waals surface area (Å²) in [6.45, 7) is 7.72. The second-order valence-electron chi connectivity index (χ2n) is 3.90. The van der Waals surface area contributed by atoms with E-state index < -0.39 is 0 Å². The van der Waals surface area contributed by atoms with E-state index >= 15 is 0 Å². The van der Waals surface area contributed by atoms with Gasteiger partial charge in [-0.25, -0.2) is 0 Å². The quantitative estimate of drug-likeness (QED) is 0.774. The third kappa shape index (κ3) is 5.28. The zero-order valence-corrected chi connectivity index (χ0v) is 10.6. The van der Waals surface area contributed by atoms with Gasteiger partial charge in [-0.3, -0.25) is 0 Å². The number of rotatable bonds is 7. The summed E-state index contributed by atoms with van der Waals surface area (Å²) in [7, 11) is 0. The Hall–Kier alpha value is -0.410. The molecule has 0 aromatic carbocycles. The van der Waals surface area contributed by atoms with Crippen molar-refractivity contribution in [2.75, 3.05) is 6.54 Å². The van der Waals surface area contributed by atoms with Crippen LogP contribution in [-0.4, -0.2) is 17.8 Å². The maximum atomic E-state index is 5.30. The van der Waals surface area contributed by atoms with Gasteiger partial charge in [0, 0.05) is 11.3 Å². The largest absolute Gasteiger partial charge is 0.468 e. The van der Waals surface area contributed by atoms with E-state index in [1.54, 1.807) is 6.26 Å². The molecule has 0 fully saturated rings. The fourth-order valence-electron chi connectivity index (χ4n) is 1.62. The summed E-state index contributed by atoms with van der Waals surface area (Å²) in [5.74, 6) is 2.05. The fourth-order valence-corrected chi connectivity index (χ4v) is 2.65. The zero-order chi connectivity index (χ0) is 11.1. The topological polar surface area (TPSA) is 25.2 Å². The lowest BCUT2D eigenvalue weighted by atomic mass is 10.2. The Bertz CT molecular complexity index is 248. The van der Waals surface area contributed by atoms with Crippen LogP contribution in [0, 0.1) is 0 Å². The van der Waals surface area contributed by atoms with Gasteiger partial charge in [-0.15, -0.1) is 0 Å². The summed E-state index contributed by atoms with van der Waals surface area (Å²) in [5, 5.41) is 4.10. The minimum Gasteiger partial charge on any atom is -0.468 e. The second-order valence-corrected chi connectivity index (χ2v) is 5.32. The second kappa shape index (κ2) is 6.96. The lowest BCUT2D eigenvalue weighted by molar-refractivity contribution is 0.523. The summed E-state index contributed by atoms with van der Waals surface area (Å²) in [6.07, 6.45) is 2.95. The molecule has 1 rings (SSSR count). The smallest absolute Gasteiger partial charge is 0.113 e. The highest BCUT2D eigenvalue weighted by Crippen LogP contribution is 2.21. The molecule has 0 aliphatic carbocycles. The summed E-state index contributed by atoms with van der Waals surface area (Å²) < 4.78 is 5.30. The molecular weight excluding hydrogens is 206 g/mol. The number of furan rings is 1. The Morgan fingerprint density at radius 1 is 1.47 bits per heavy atom. The van der Waals surface area contributed by atoms with Crippen LogP contribution >= 0.6 is 11.8 Å². The highest BCUT2D eigenvalue weighted by molar-refractivity contribution is 7.99. The number of hydrogen-bond acceptors (Lipinski definition) is 3. The van der Waals surface area contributed by atoms with E-state index in [0.29, 0.717) is 11.3 Å². The Morgan fingerprint density at radius 2 is 2.27 bits per heavy atom. The van der Waals surface area contributed by atoms with E-state index in [4.69, 9.17) is 4.42 Å². The molecule has 86 valence electrons. The third-order valence-electron chi connectivity index (χ3n) is 2.33. The predicted octanol–water partition coefficient (Wildman–Crippen LogP) is 3.29. The molecule has 1 aromatic rings. The summed E-state index contributed by atoms with van der Waals surface area (Å²) in [5.41, 5.74) is 0. The van der Waals surface area contributed by atoms with Crippen molar-refractivity contribution in [2.24, 2.45) is 0 Å². The highest BCUT2D eigenvalue weighted by Gasteiger charge is 2.08. The molecule has 0 bridgehead atoms. The molecule has 1 N–H and O–H groups in total. The first-order chi connectivity index (χ1) is 7.22. The Balaban J connectivity index is 2.15. The minimum absolute atomic E-state index is 0.606. The Kier molecular flexibility index (Phi) is 5.88. The van der Waals surface area contributed by atoms with Crippen LogP contribution in [0.25, 0.3) is 0 Å². The van der Waals surface area contributed by atoms with Gasteiger partial charge in [0.1, 0.15) is 5.76 Å². The van der Waals surface area contributed by atoms with Crippen LogP contribution in [-0.2, 0) is 5.75 Å². The van der Waals surface area contributed by atoms with Gasteiger partial charge in [-0.2, -0.15) is 11.8 Å². The average Bonchev–Trinajstić information content (AvgIpc) is 2.67. The van der Waals surface area contributed by atoms with Gasteiger partial charge in [-0.05, 0) is 32.0 Å². The number of nitrogens with one attached hydrogen (secondary N) is 1. The number of hydrogen-bond donors (Lipinski definition) is 1.